The molecular formula is C6H14S. The van der Waals surface area contributed by atoms with E-state index in [9.17, 15) is 0 Å². The Bertz CT molecular complexity index is 42.1. The minimum absolute atomic E-state index is 0.278. The summed E-state index contributed by atoms with van der Waals surface area (Å²) < 4.78 is 0.278. The molecule has 7 heavy (non-hydrogen) atoms. The first kappa shape index (κ1) is 7.35. The van der Waals surface area contributed by atoms with Gasteiger partial charge in [-0.25, -0.2) is 0 Å². The van der Waals surface area contributed by atoms with Crippen molar-refractivity contribution >= 4 is 12.6 Å². The highest BCUT2D eigenvalue weighted by Crippen LogP contribution is 2.20. The van der Waals surface area contributed by atoms with Crippen LogP contribution in [0.2, 0.25) is 0 Å². The van der Waals surface area contributed by atoms with Crippen molar-refractivity contribution in [2.75, 3.05) is 0 Å². The van der Waals surface area contributed by atoms with Crippen molar-refractivity contribution in [3.63, 3.8) is 0 Å². The number of thiol groups is 1. The Morgan fingerprint density at radius 1 is 1.29 bits per heavy atom. The van der Waals surface area contributed by atoms with Crippen molar-refractivity contribution < 1.29 is 0 Å². The van der Waals surface area contributed by atoms with Crippen LogP contribution in [0, 0.1) is 0 Å². The van der Waals surface area contributed by atoms with E-state index < -0.39 is 0 Å². The second-order valence-electron chi connectivity index (χ2n) is 2.20. The fourth-order valence-electron chi connectivity index (χ4n) is 0.250. The van der Waals surface area contributed by atoms with Crippen molar-refractivity contribution in [3.05, 3.63) is 0 Å². The molecule has 0 aromatic heterocycles. The molecule has 0 spiro atoms. The van der Waals surface area contributed by atoms with Crippen molar-refractivity contribution in [3.8, 4) is 0 Å². The van der Waals surface area contributed by atoms with Crippen LogP contribution in [0.3, 0.4) is 0 Å². The molecule has 0 heterocycles. The Morgan fingerprint density at radius 3 is 1.57 bits per heavy atom. The summed E-state index contributed by atoms with van der Waals surface area (Å²) in [7, 11) is 0. The van der Waals surface area contributed by atoms with Gasteiger partial charge in [0.15, 0.2) is 0 Å². The molecule has 0 aromatic rings. The zero-order chi connectivity index (χ0) is 5.91. The average molecular weight is 118 g/mol. The molecular weight excluding hydrogens is 104 g/mol. The standard InChI is InChI=1S/C6H14S/c1-4-6(3,7)5-2/h7H,4-5H2,1-3H3. The summed E-state index contributed by atoms with van der Waals surface area (Å²) in [6.45, 7) is 6.49. The van der Waals surface area contributed by atoms with E-state index in [1.165, 1.54) is 0 Å². The quantitative estimate of drug-likeness (QED) is 0.529. The first-order valence-corrected chi connectivity index (χ1v) is 3.29. The molecule has 0 rings (SSSR count). The zero-order valence-corrected chi connectivity index (χ0v) is 6.26. The number of hydrogen-bond donors (Lipinski definition) is 1. The Hall–Kier alpha value is 0.350. The van der Waals surface area contributed by atoms with Gasteiger partial charge >= 0.3 is 0 Å². The molecule has 44 valence electrons. The Labute approximate surface area is 51.7 Å². The van der Waals surface area contributed by atoms with Crippen molar-refractivity contribution in [2.24, 2.45) is 0 Å². The van der Waals surface area contributed by atoms with Gasteiger partial charge in [-0.15, -0.1) is 0 Å². The summed E-state index contributed by atoms with van der Waals surface area (Å²) in [6.07, 6.45) is 2.32. The van der Waals surface area contributed by atoms with Gasteiger partial charge < -0.3 is 0 Å². The predicted octanol–water partition coefficient (Wildman–Crippen LogP) is 2.49. The summed E-state index contributed by atoms with van der Waals surface area (Å²) in [5.41, 5.74) is 0. The lowest BCUT2D eigenvalue weighted by atomic mass is 10.1. The van der Waals surface area contributed by atoms with E-state index >= 15 is 0 Å². The van der Waals surface area contributed by atoms with E-state index in [4.69, 9.17) is 0 Å². The first-order chi connectivity index (χ1) is 3.12. The molecule has 0 radical (unpaired) electrons. The van der Waals surface area contributed by atoms with Crippen LogP contribution in [-0.4, -0.2) is 4.75 Å². The summed E-state index contributed by atoms with van der Waals surface area (Å²) in [6, 6.07) is 0. The molecule has 0 atom stereocenters. The van der Waals surface area contributed by atoms with Gasteiger partial charge in [0.1, 0.15) is 0 Å². The van der Waals surface area contributed by atoms with E-state index in [-0.39, 0.29) is 4.75 Å². The first-order valence-electron chi connectivity index (χ1n) is 2.84. The molecule has 0 saturated heterocycles. The lowest BCUT2D eigenvalue weighted by molar-refractivity contribution is 0.605. The van der Waals surface area contributed by atoms with E-state index in [1.54, 1.807) is 0 Å². The van der Waals surface area contributed by atoms with Gasteiger partial charge in [-0.3, -0.25) is 0 Å². The van der Waals surface area contributed by atoms with Crippen molar-refractivity contribution in [1.29, 1.82) is 0 Å². The zero-order valence-electron chi connectivity index (χ0n) is 5.36. The monoisotopic (exact) mass is 118 g/mol. The van der Waals surface area contributed by atoms with Crippen LogP contribution < -0.4 is 0 Å². The van der Waals surface area contributed by atoms with Crippen LogP contribution in [-0.2, 0) is 0 Å². The van der Waals surface area contributed by atoms with Gasteiger partial charge in [0.05, 0.1) is 0 Å². The average Bonchev–Trinajstić information content (AvgIpc) is 1.68. The number of hydrogen-bond acceptors (Lipinski definition) is 1. The van der Waals surface area contributed by atoms with Crippen molar-refractivity contribution in [1.82, 2.24) is 0 Å². The second kappa shape index (κ2) is 2.61. The van der Waals surface area contributed by atoms with E-state index in [0.717, 1.165) is 12.8 Å². The highest BCUT2D eigenvalue weighted by Gasteiger charge is 2.11. The van der Waals surface area contributed by atoms with Crippen molar-refractivity contribution in [2.45, 2.75) is 38.4 Å². The topological polar surface area (TPSA) is 0 Å². The highest BCUT2D eigenvalue weighted by atomic mass is 32.1. The normalized spacial score (nSPS) is 12.0. The van der Waals surface area contributed by atoms with Gasteiger partial charge in [0.2, 0.25) is 0 Å². The molecule has 1 heteroatoms. The molecule has 0 unspecified atom stereocenters. The molecule has 0 bridgehead atoms. The molecule has 0 aliphatic heterocycles. The highest BCUT2D eigenvalue weighted by molar-refractivity contribution is 7.81. The molecule has 0 fully saturated rings. The van der Waals surface area contributed by atoms with Crippen LogP contribution in [0.4, 0.5) is 0 Å². The molecule has 0 aliphatic carbocycles. The summed E-state index contributed by atoms with van der Waals surface area (Å²) in [4.78, 5) is 0. The van der Waals surface area contributed by atoms with Crippen LogP contribution in [0.5, 0.6) is 0 Å². The summed E-state index contributed by atoms with van der Waals surface area (Å²) in [5.74, 6) is 0. The fourth-order valence-corrected chi connectivity index (χ4v) is 0.250. The van der Waals surface area contributed by atoms with E-state index in [0.29, 0.717) is 0 Å². The van der Waals surface area contributed by atoms with Gasteiger partial charge in [0.25, 0.3) is 0 Å². The third-order valence-electron chi connectivity index (χ3n) is 1.52. The van der Waals surface area contributed by atoms with E-state index in [2.05, 4.69) is 33.4 Å². The molecule has 0 aromatic carbocycles. The Balaban J connectivity index is 3.36. The lowest BCUT2D eigenvalue weighted by Gasteiger charge is -2.17. The van der Waals surface area contributed by atoms with Crippen LogP contribution in [0.1, 0.15) is 33.6 Å². The minimum atomic E-state index is 0.278. The SMILES string of the molecule is CCC(C)(S)CC. The summed E-state index contributed by atoms with van der Waals surface area (Å²) in [5, 5.41) is 0. The molecule has 0 nitrogen and oxygen atoms in total. The van der Waals surface area contributed by atoms with E-state index in [1.807, 2.05) is 0 Å². The maximum atomic E-state index is 4.39. The molecule has 0 amide bonds. The second-order valence-corrected chi connectivity index (χ2v) is 3.28. The third kappa shape index (κ3) is 2.98. The molecule has 0 N–H and O–H groups in total. The largest absolute Gasteiger partial charge is 0.173 e. The predicted molar refractivity (Wildman–Crippen MR) is 38.0 cm³/mol. The Kier molecular flexibility index (Phi) is 2.74. The van der Waals surface area contributed by atoms with Gasteiger partial charge in [-0.05, 0) is 12.8 Å². The minimum Gasteiger partial charge on any atom is -0.173 e. The Morgan fingerprint density at radius 2 is 1.57 bits per heavy atom. The smallest absolute Gasteiger partial charge is 0.00961 e. The third-order valence-corrected chi connectivity index (χ3v) is 2.16. The van der Waals surface area contributed by atoms with Crippen LogP contribution >= 0.6 is 12.6 Å². The fraction of sp³-hybridized carbons (Fsp3) is 1.00. The molecule has 0 aliphatic rings. The van der Waals surface area contributed by atoms with Gasteiger partial charge in [0, 0.05) is 4.75 Å². The molecule has 0 saturated carbocycles. The number of rotatable bonds is 2. The maximum Gasteiger partial charge on any atom is 0.00961 e. The maximum absolute atomic E-state index is 4.39. The summed E-state index contributed by atoms with van der Waals surface area (Å²) >= 11 is 4.39. The van der Waals surface area contributed by atoms with Crippen LogP contribution in [0.25, 0.3) is 0 Å². The van der Waals surface area contributed by atoms with Gasteiger partial charge in [-0.2, -0.15) is 12.6 Å². The lowest BCUT2D eigenvalue weighted by Crippen LogP contribution is -2.11. The van der Waals surface area contributed by atoms with Gasteiger partial charge in [-0.1, -0.05) is 20.8 Å². The van der Waals surface area contributed by atoms with Crippen LogP contribution in [0.15, 0.2) is 0 Å².